The Morgan fingerprint density at radius 3 is 2.65 bits per heavy atom. The van der Waals surface area contributed by atoms with Crippen LogP contribution >= 0.6 is 23.1 Å². The van der Waals surface area contributed by atoms with Crippen molar-refractivity contribution in [1.82, 2.24) is 15.2 Å². The fraction of sp³-hybridized carbons (Fsp3) is 0.455. The smallest absolute Gasteiger partial charge is 0.355 e. The van der Waals surface area contributed by atoms with Gasteiger partial charge in [0.25, 0.3) is 11.8 Å². The summed E-state index contributed by atoms with van der Waals surface area (Å²) >= 11 is 2.38. The highest BCUT2D eigenvalue weighted by atomic mass is 32.2. The van der Waals surface area contributed by atoms with Gasteiger partial charge in [-0.2, -0.15) is 0 Å². The average Bonchev–Trinajstić information content (AvgIpc) is 3.20. The molecule has 0 saturated carbocycles. The van der Waals surface area contributed by atoms with Crippen molar-refractivity contribution in [3.8, 4) is 0 Å². The summed E-state index contributed by atoms with van der Waals surface area (Å²) in [6.45, 7) is 0.213. The molecule has 37 heavy (non-hydrogen) atoms. The maximum atomic E-state index is 13.0. The summed E-state index contributed by atoms with van der Waals surface area (Å²) in [6, 6.07) is -0.983. The van der Waals surface area contributed by atoms with Crippen LogP contribution in [0.4, 0.5) is 5.13 Å². The van der Waals surface area contributed by atoms with Gasteiger partial charge in [-0.25, -0.2) is 9.78 Å². The number of esters is 1. The van der Waals surface area contributed by atoms with Gasteiger partial charge in [0.2, 0.25) is 0 Å². The minimum atomic E-state index is -1.37. The van der Waals surface area contributed by atoms with Crippen molar-refractivity contribution < 1.29 is 43.4 Å². The number of carbonyl (C=O) groups excluding carboxylic acids is 4. The van der Waals surface area contributed by atoms with Gasteiger partial charge in [0, 0.05) is 23.5 Å². The number of nitrogens with one attached hydrogen (secondary N) is 1. The molecule has 1 saturated heterocycles. The summed E-state index contributed by atoms with van der Waals surface area (Å²) < 4.78 is 5.76. The minimum Gasteiger partial charge on any atom is -0.550 e. The maximum absolute atomic E-state index is 13.0. The van der Waals surface area contributed by atoms with Gasteiger partial charge in [0.1, 0.15) is 23.7 Å². The van der Waals surface area contributed by atoms with Crippen LogP contribution in [0.25, 0.3) is 5.57 Å². The lowest BCUT2D eigenvalue weighted by Crippen LogP contribution is -2.70. The summed E-state index contributed by atoms with van der Waals surface area (Å²) in [5.74, 6) is -4.29. The van der Waals surface area contributed by atoms with Crippen molar-refractivity contribution in [2.24, 2.45) is 0 Å². The van der Waals surface area contributed by atoms with Gasteiger partial charge in [0.15, 0.2) is 11.2 Å². The molecule has 15 heteroatoms. The van der Waals surface area contributed by atoms with Crippen LogP contribution in [0.5, 0.6) is 0 Å². The Morgan fingerprint density at radius 2 is 2.08 bits per heavy atom. The number of carboxylic acid groups (broad SMARTS) is 2. The Morgan fingerprint density at radius 1 is 1.38 bits per heavy atom. The Bertz CT molecular complexity index is 1170. The number of nitrogen functional groups attached to an aromatic ring is 1. The second-order valence-corrected chi connectivity index (χ2v) is 11.4. The number of carboxylic acids is 2. The molecule has 0 aromatic carbocycles. The van der Waals surface area contributed by atoms with Crippen LogP contribution < -0.4 is 16.2 Å². The number of β-lactam (4-membered cyclic amide) rings is 1. The van der Waals surface area contributed by atoms with Crippen molar-refractivity contribution in [3.63, 3.8) is 0 Å². The van der Waals surface area contributed by atoms with E-state index in [1.165, 1.54) is 34.2 Å². The lowest BCUT2D eigenvalue weighted by atomic mass is 10.0. The molecule has 2 aliphatic rings. The number of hydrogen-bond acceptors (Lipinski definition) is 11. The summed E-state index contributed by atoms with van der Waals surface area (Å²) in [5.41, 5.74) is 5.75. The van der Waals surface area contributed by atoms with E-state index in [1.807, 2.05) is 21.1 Å². The molecule has 200 valence electrons. The Kier molecular flexibility index (Phi) is 8.60. The number of nitrogens with zero attached hydrogens (tertiary/aromatic N) is 3. The maximum Gasteiger partial charge on any atom is 0.355 e. The predicted octanol–water partition coefficient (Wildman–Crippen LogP) is -1.37. The molecular weight excluding hydrogens is 526 g/mol. The molecule has 13 nitrogen and oxygen atoms in total. The van der Waals surface area contributed by atoms with E-state index >= 15 is 0 Å². The van der Waals surface area contributed by atoms with Crippen LogP contribution in [0.15, 0.2) is 23.2 Å². The molecule has 3 heterocycles. The number of thioether (sulfide) groups is 1. The number of thiazole rings is 1. The first-order chi connectivity index (χ1) is 17.3. The number of quaternary nitrogens is 1. The SMILES string of the molecule is C[N+](C)(C)CC(CC(=O)[O-])OC(=O)C1=CCS[C@@H]2[C@H](NC(=O)/C(=C\CC(=O)O)c3csc(N)n3)C(=O)N12. The van der Waals surface area contributed by atoms with Gasteiger partial charge in [0.05, 0.1) is 38.8 Å². The second-order valence-electron chi connectivity index (χ2n) is 9.34. The number of aliphatic carboxylic acids is 2. The van der Waals surface area contributed by atoms with E-state index in [9.17, 15) is 29.1 Å². The minimum absolute atomic E-state index is 0.0297. The summed E-state index contributed by atoms with van der Waals surface area (Å²) in [7, 11) is 5.44. The average molecular weight is 554 g/mol. The predicted molar refractivity (Wildman–Crippen MR) is 132 cm³/mol. The number of rotatable bonds is 11. The van der Waals surface area contributed by atoms with Crippen molar-refractivity contribution >= 4 is 63.5 Å². The van der Waals surface area contributed by atoms with E-state index in [2.05, 4.69) is 10.3 Å². The largest absolute Gasteiger partial charge is 0.550 e. The van der Waals surface area contributed by atoms with Crippen LogP contribution in [0.1, 0.15) is 18.5 Å². The first kappa shape index (κ1) is 28.1. The van der Waals surface area contributed by atoms with E-state index < -0.39 is 60.1 Å². The molecule has 1 aromatic rings. The first-order valence-corrected chi connectivity index (χ1v) is 13.0. The third-order valence-electron chi connectivity index (χ3n) is 5.28. The summed E-state index contributed by atoms with van der Waals surface area (Å²) in [5, 5.41) is 23.8. The number of ether oxygens (including phenoxy) is 1. The van der Waals surface area contributed by atoms with Crippen LogP contribution in [0, 0.1) is 0 Å². The molecule has 3 rings (SSSR count). The Labute approximate surface area is 220 Å². The third kappa shape index (κ3) is 7.08. The fourth-order valence-corrected chi connectivity index (χ4v) is 5.57. The standard InChI is InChI=1S/C22H27N5O8S2/c1-27(2,3)9-11(8-16(30)31)35-21(34)14-6-7-36-20-17(19(33)26(14)20)25-18(32)12(4-5-15(28)29)13-10-37-22(23)24-13/h4,6,10-11,17,20H,5,7-9H2,1-3H3,(H4-,23,24,25,28,29,30,31,32)/b12-4-/t11?,17-,20-/m1/s1. The summed E-state index contributed by atoms with van der Waals surface area (Å²) in [6.07, 6.45) is 0.798. The van der Waals surface area contributed by atoms with Crippen LogP contribution in [-0.4, -0.2) is 100 Å². The van der Waals surface area contributed by atoms with E-state index in [4.69, 9.17) is 15.6 Å². The number of aromatic nitrogens is 1. The highest BCUT2D eigenvalue weighted by Gasteiger charge is 2.53. The topological polar surface area (TPSA) is 192 Å². The molecule has 2 aliphatic heterocycles. The van der Waals surface area contributed by atoms with Crippen molar-refractivity contribution in [1.29, 1.82) is 0 Å². The fourth-order valence-electron chi connectivity index (χ4n) is 3.81. The van der Waals surface area contributed by atoms with Crippen LogP contribution in [-0.2, 0) is 28.7 Å². The Hall–Kier alpha value is -3.43. The lowest BCUT2D eigenvalue weighted by Gasteiger charge is -2.48. The van der Waals surface area contributed by atoms with Gasteiger partial charge in [-0.15, -0.1) is 23.1 Å². The normalized spacial score (nSPS) is 20.3. The van der Waals surface area contributed by atoms with Crippen LogP contribution in [0.3, 0.4) is 0 Å². The summed E-state index contributed by atoms with van der Waals surface area (Å²) in [4.78, 5) is 66.3. The molecule has 2 amide bonds. The van der Waals surface area contributed by atoms with Gasteiger partial charge in [-0.3, -0.25) is 19.3 Å². The zero-order valence-electron chi connectivity index (χ0n) is 20.3. The molecule has 0 aliphatic carbocycles. The lowest BCUT2D eigenvalue weighted by molar-refractivity contribution is -0.873. The van der Waals surface area contributed by atoms with E-state index in [1.54, 1.807) is 0 Å². The molecule has 1 fully saturated rings. The van der Waals surface area contributed by atoms with Gasteiger partial charge in [-0.1, -0.05) is 6.08 Å². The molecule has 1 unspecified atom stereocenters. The number of amides is 2. The van der Waals surface area contributed by atoms with E-state index in [0.717, 1.165) is 11.3 Å². The molecule has 0 bridgehead atoms. The van der Waals surface area contributed by atoms with Crippen molar-refractivity contribution in [3.05, 3.63) is 28.9 Å². The number of anilines is 1. The molecular formula is C22H27N5O8S2. The zero-order valence-corrected chi connectivity index (χ0v) is 22.0. The number of hydrogen-bond donors (Lipinski definition) is 3. The first-order valence-electron chi connectivity index (χ1n) is 11.1. The quantitative estimate of drug-likeness (QED) is 0.127. The zero-order chi connectivity index (χ0) is 27.5. The van der Waals surface area contributed by atoms with Gasteiger partial charge >= 0.3 is 11.9 Å². The number of nitrogens with two attached hydrogens (primary N) is 1. The second kappa shape index (κ2) is 11.3. The highest BCUT2D eigenvalue weighted by Crippen LogP contribution is 2.38. The monoisotopic (exact) mass is 553 g/mol. The molecule has 0 spiro atoms. The van der Waals surface area contributed by atoms with Gasteiger partial charge < -0.3 is 35.3 Å². The molecule has 0 radical (unpaired) electrons. The number of likely N-dealkylation sites (N-methyl/N-ethyl adjacent to an activating group) is 1. The number of carbonyl (C=O) groups is 5. The Balaban J connectivity index is 1.72. The van der Waals surface area contributed by atoms with Crippen LogP contribution in [0.2, 0.25) is 0 Å². The molecule has 3 atom stereocenters. The van der Waals surface area contributed by atoms with E-state index in [-0.39, 0.29) is 28.6 Å². The van der Waals surface area contributed by atoms with E-state index in [0.29, 0.717) is 10.2 Å². The number of fused-ring (bicyclic) bond motifs is 1. The van der Waals surface area contributed by atoms with Crippen molar-refractivity contribution in [2.75, 3.05) is 39.2 Å². The highest BCUT2D eigenvalue weighted by molar-refractivity contribution is 8.00. The molecule has 1 aromatic heterocycles. The third-order valence-corrected chi connectivity index (χ3v) is 7.14. The van der Waals surface area contributed by atoms with Gasteiger partial charge in [-0.05, 0) is 6.08 Å². The molecule has 4 N–H and O–H groups in total. The van der Waals surface area contributed by atoms with Crippen molar-refractivity contribution in [2.45, 2.75) is 30.4 Å².